The van der Waals surface area contributed by atoms with Crippen molar-refractivity contribution in [1.82, 2.24) is 0 Å². The van der Waals surface area contributed by atoms with E-state index < -0.39 is 0 Å². The number of nitrogens with zero attached hydrogens (tertiary/aromatic N) is 1. The maximum atomic E-state index is 5.36. The highest BCUT2D eigenvalue weighted by molar-refractivity contribution is 5.91. The smallest absolute Gasteiger partial charge is 0.124 e. The first-order chi connectivity index (χ1) is 5.81. The van der Waals surface area contributed by atoms with E-state index in [0.29, 0.717) is 0 Å². The van der Waals surface area contributed by atoms with Crippen LogP contribution in [0, 0.1) is 11.8 Å². The number of rotatable bonds is 3. The van der Waals surface area contributed by atoms with Crippen LogP contribution < -0.4 is 0 Å². The maximum absolute atomic E-state index is 5.36. The van der Waals surface area contributed by atoms with Crippen LogP contribution in [0.15, 0.2) is 5.16 Å². The van der Waals surface area contributed by atoms with E-state index in [2.05, 4.69) is 19.0 Å². The van der Waals surface area contributed by atoms with Crippen molar-refractivity contribution >= 4 is 5.71 Å². The molecule has 0 N–H and O–H groups in total. The SMILES string of the molecule is CCC(C)O/N=C1/CC[C@H]2C[C@@H]12. The lowest BCUT2D eigenvalue weighted by molar-refractivity contribution is 0.0690. The quantitative estimate of drug-likeness (QED) is 0.592. The monoisotopic (exact) mass is 167 g/mol. The average Bonchev–Trinajstić information content (AvgIpc) is 2.77. The average molecular weight is 167 g/mol. The van der Waals surface area contributed by atoms with Crippen molar-refractivity contribution in [2.75, 3.05) is 0 Å². The normalized spacial score (nSPS) is 38.0. The number of hydrogen-bond donors (Lipinski definition) is 0. The third kappa shape index (κ3) is 1.47. The second-order valence-electron chi connectivity index (χ2n) is 4.05. The molecule has 68 valence electrons. The van der Waals surface area contributed by atoms with Gasteiger partial charge >= 0.3 is 0 Å². The standard InChI is InChI=1S/C10H17NO/c1-3-7(2)12-11-10-5-4-8-6-9(8)10/h7-9H,3-6H2,1-2H3/b11-10-/t7?,8-,9+/m0/s1. The molecule has 0 aromatic rings. The Hall–Kier alpha value is -0.530. The molecule has 1 unspecified atom stereocenters. The summed E-state index contributed by atoms with van der Waals surface area (Å²) in [6.45, 7) is 4.20. The predicted octanol–water partition coefficient (Wildman–Crippen LogP) is 2.59. The van der Waals surface area contributed by atoms with Gasteiger partial charge < -0.3 is 4.84 Å². The van der Waals surface area contributed by atoms with E-state index >= 15 is 0 Å². The molecule has 2 saturated carbocycles. The van der Waals surface area contributed by atoms with Gasteiger partial charge in [-0.2, -0.15) is 0 Å². The third-order valence-corrected chi connectivity index (χ3v) is 3.05. The van der Waals surface area contributed by atoms with E-state index in [1.807, 2.05) is 0 Å². The minimum absolute atomic E-state index is 0.287. The first kappa shape index (κ1) is 8.09. The fraction of sp³-hybridized carbons (Fsp3) is 0.900. The Morgan fingerprint density at radius 1 is 1.67 bits per heavy atom. The van der Waals surface area contributed by atoms with Gasteiger partial charge in [0, 0.05) is 5.92 Å². The summed E-state index contributed by atoms with van der Waals surface area (Å²) < 4.78 is 0. The molecule has 2 heteroatoms. The van der Waals surface area contributed by atoms with Crippen molar-refractivity contribution in [1.29, 1.82) is 0 Å². The van der Waals surface area contributed by atoms with Crippen molar-refractivity contribution in [3.63, 3.8) is 0 Å². The van der Waals surface area contributed by atoms with Gasteiger partial charge in [0.2, 0.25) is 0 Å². The van der Waals surface area contributed by atoms with Crippen LogP contribution in [0.1, 0.15) is 39.5 Å². The van der Waals surface area contributed by atoms with Gasteiger partial charge in [0.05, 0.1) is 5.71 Å². The topological polar surface area (TPSA) is 21.6 Å². The highest BCUT2D eigenvalue weighted by atomic mass is 16.6. The Morgan fingerprint density at radius 2 is 2.50 bits per heavy atom. The van der Waals surface area contributed by atoms with Gasteiger partial charge in [-0.05, 0) is 38.5 Å². The molecule has 2 fully saturated rings. The highest BCUT2D eigenvalue weighted by Gasteiger charge is 2.46. The summed E-state index contributed by atoms with van der Waals surface area (Å²) in [6, 6.07) is 0. The Morgan fingerprint density at radius 3 is 3.00 bits per heavy atom. The molecule has 12 heavy (non-hydrogen) atoms. The Balaban J connectivity index is 1.83. The van der Waals surface area contributed by atoms with E-state index in [0.717, 1.165) is 18.3 Å². The van der Waals surface area contributed by atoms with E-state index in [4.69, 9.17) is 4.84 Å². The predicted molar refractivity (Wildman–Crippen MR) is 49.1 cm³/mol. The van der Waals surface area contributed by atoms with Crippen LogP contribution in [0.4, 0.5) is 0 Å². The van der Waals surface area contributed by atoms with Crippen LogP contribution in [-0.2, 0) is 4.84 Å². The van der Waals surface area contributed by atoms with Crippen molar-refractivity contribution < 1.29 is 4.84 Å². The second kappa shape index (κ2) is 3.08. The lowest BCUT2D eigenvalue weighted by atomic mass is 10.2. The fourth-order valence-corrected chi connectivity index (χ4v) is 1.84. The molecule has 2 nitrogen and oxygen atoms in total. The molecule has 2 aliphatic rings. The minimum atomic E-state index is 0.287. The molecule has 0 radical (unpaired) electrons. The first-order valence-corrected chi connectivity index (χ1v) is 5.03. The zero-order chi connectivity index (χ0) is 8.55. The molecule has 0 saturated heterocycles. The van der Waals surface area contributed by atoms with E-state index in [1.54, 1.807) is 0 Å². The van der Waals surface area contributed by atoms with Crippen LogP contribution in [0.2, 0.25) is 0 Å². The summed E-state index contributed by atoms with van der Waals surface area (Å²) >= 11 is 0. The van der Waals surface area contributed by atoms with Crippen molar-refractivity contribution in [2.24, 2.45) is 17.0 Å². The van der Waals surface area contributed by atoms with Crippen LogP contribution in [0.5, 0.6) is 0 Å². The molecule has 0 aliphatic heterocycles. The molecule has 0 bridgehead atoms. The molecule has 0 aromatic carbocycles. The molecule has 0 aromatic heterocycles. The van der Waals surface area contributed by atoms with Crippen molar-refractivity contribution in [2.45, 2.75) is 45.6 Å². The zero-order valence-corrected chi connectivity index (χ0v) is 7.92. The van der Waals surface area contributed by atoms with Crippen LogP contribution in [-0.4, -0.2) is 11.8 Å². The second-order valence-corrected chi connectivity index (χ2v) is 4.05. The number of oxime groups is 1. The summed E-state index contributed by atoms with van der Waals surface area (Å²) in [7, 11) is 0. The number of fused-ring (bicyclic) bond motifs is 1. The van der Waals surface area contributed by atoms with E-state index in [1.165, 1.54) is 25.0 Å². The van der Waals surface area contributed by atoms with Gasteiger partial charge in [-0.15, -0.1) is 0 Å². The molecule has 3 atom stereocenters. The summed E-state index contributed by atoms with van der Waals surface area (Å²) in [5, 5.41) is 4.23. The summed E-state index contributed by atoms with van der Waals surface area (Å²) in [5.41, 5.74) is 1.33. The fourth-order valence-electron chi connectivity index (χ4n) is 1.84. The van der Waals surface area contributed by atoms with Crippen molar-refractivity contribution in [3.05, 3.63) is 0 Å². The summed E-state index contributed by atoms with van der Waals surface area (Å²) in [4.78, 5) is 5.36. The molecule has 0 spiro atoms. The van der Waals surface area contributed by atoms with Crippen molar-refractivity contribution in [3.8, 4) is 0 Å². The molecular formula is C10H17NO. The highest BCUT2D eigenvalue weighted by Crippen LogP contribution is 2.49. The van der Waals surface area contributed by atoms with Gasteiger partial charge in [-0.1, -0.05) is 12.1 Å². The molecule has 0 amide bonds. The minimum Gasteiger partial charge on any atom is -0.393 e. The summed E-state index contributed by atoms with van der Waals surface area (Å²) in [5.74, 6) is 1.79. The maximum Gasteiger partial charge on any atom is 0.124 e. The lowest BCUT2D eigenvalue weighted by Gasteiger charge is -2.06. The van der Waals surface area contributed by atoms with Crippen LogP contribution in [0.25, 0.3) is 0 Å². The zero-order valence-electron chi connectivity index (χ0n) is 7.92. The van der Waals surface area contributed by atoms with Gasteiger partial charge in [0.1, 0.15) is 6.10 Å². The Bertz CT molecular complexity index is 200. The molecule has 0 heterocycles. The van der Waals surface area contributed by atoms with Gasteiger partial charge in [0.25, 0.3) is 0 Å². The lowest BCUT2D eigenvalue weighted by Crippen LogP contribution is -2.05. The van der Waals surface area contributed by atoms with Crippen LogP contribution in [0.3, 0.4) is 0 Å². The van der Waals surface area contributed by atoms with Crippen LogP contribution >= 0.6 is 0 Å². The largest absolute Gasteiger partial charge is 0.393 e. The summed E-state index contributed by atoms with van der Waals surface area (Å²) in [6.07, 6.45) is 5.25. The Labute approximate surface area is 74.0 Å². The molecular weight excluding hydrogens is 150 g/mol. The van der Waals surface area contributed by atoms with Gasteiger partial charge in [-0.3, -0.25) is 0 Å². The first-order valence-electron chi connectivity index (χ1n) is 5.03. The van der Waals surface area contributed by atoms with E-state index in [-0.39, 0.29) is 6.10 Å². The molecule has 2 aliphatic carbocycles. The Kier molecular flexibility index (Phi) is 2.07. The molecule has 2 rings (SSSR count). The van der Waals surface area contributed by atoms with Gasteiger partial charge in [0.15, 0.2) is 0 Å². The van der Waals surface area contributed by atoms with Gasteiger partial charge in [-0.25, -0.2) is 0 Å². The third-order valence-electron chi connectivity index (χ3n) is 3.05. The van der Waals surface area contributed by atoms with E-state index in [9.17, 15) is 0 Å². The number of hydrogen-bond acceptors (Lipinski definition) is 2.